The highest BCUT2D eigenvalue weighted by Gasteiger charge is 2.23. The van der Waals surface area contributed by atoms with E-state index in [1.165, 1.54) is 4.57 Å². The zero-order valence-electron chi connectivity index (χ0n) is 15.9. The molecule has 0 saturated heterocycles. The molecule has 152 valence electrons. The van der Waals surface area contributed by atoms with Crippen LogP contribution in [0.4, 0.5) is 0 Å². The highest BCUT2D eigenvalue weighted by Crippen LogP contribution is 2.05. The fraction of sp³-hybridized carbons (Fsp3) is 0.136. The van der Waals surface area contributed by atoms with Crippen LogP contribution in [0.1, 0.15) is 27.9 Å². The number of hydrogen-bond donors (Lipinski definition) is 1. The normalized spacial score (nSPS) is 10.5. The topological polar surface area (TPSA) is 115 Å². The average molecular weight is 406 g/mol. The van der Waals surface area contributed by atoms with Crippen molar-refractivity contribution in [3.8, 4) is 0 Å². The zero-order chi connectivity index (χ0) is 21.7. The predicted octanol–water partition coefficient (Wildman–Crippen LogP) is 1.33. The summed E-state index contributed by atoms with van der Waals surface area (Å²) < 4.78 is 2.12. The third kappa shape index (κ3) is 4.67. The Kier molecular flexibility index (Phi) is 6.17. The van der Waals surface area contributed by atoms with Crippen LogP contribution in [-0.2, 0) is 22.7 Å². The molecule has 0 spiro atoms. The lowest BCUT2D eigenvalue weighted by molar-refractivity contribution is -0.148. The lowest BCUT2D eigenvalue weighted by Crippen LogP contribution is -2.43. The van der Waals surface area contributed by atoms with Crippen molar-refractivity contribution in [2.45, 2.75) is 19.5 Å². The van der Waals surface area contributed by atoms with Crippen LogP contribution in [0.25, 0.3) is 0 Å². The van der Waals surface area contributed by atoms with E-state index in [2.05, 4.69) is 0 Å². The number of Topliss-reactive ketones (excluding diaryl/α,β-unsaturated/α-hetero) is 2. The Balaban J connectivity index is 2.10. The van der Waals surface area contributed by atoms with Crippen LogP contribution in [0.2, 0.25) is 0 Å². The molecule has 0 atom stereocenters. The maximum Gasteiger partial charge on any atom is 0.372 e. The molecule has 8 heteroatoms. The third-order valence-corrected chi connectivity index (χ3v) is 4.48. The van der Waals surface area contributed by atoms with Crippen LogP contribution < -0.4 is 11.2 Å². The number of aromatic nitrogens is 2. The smallest absolute Gasteiger partial charge is 0.372 e. The van der Waals surface area contributed by atoms with Gasteiger partial charge < -0.3 is 5.11 Å². The number of hydrogen-bond acceptors (Lipinski definition) is 5. The molecule has 0 aliphatic carbocycles. The van der Waals surface area contributed by atoms with Crippen LogP contribution in [0.15, 0.2) is 76.4 Å². The molecule has 0 aliphatic heterocycles. The van der Waals surface area contributed by atoms with Gasteiger partial charge in [-0.25, -0.2) is 9.59 Å². The number of aliphatic carboxylic acids is 1. The maximum atomic E-state index is 13.0. The first kappa shape index (κ1) is 20.7. The van der Waals surface area contributed by atoms with Crippen molar-refractivity contribution in [3.63, 3.8) is 0 Å². The Morgan fingerprint density at radius 1 is 0.800 bits per heavy atom. The van der Waals surface area contributed by atoms with Crippen LogP contribution in [0.5, 0.6) is 0 Å². The first-order valence-electron chi connectivity index (χ1n) is 9.08. The Morgan fingerprint density at radius 2 is 1.33 bits per heavy atom. The molecule has 0 radical (unpaired) electrons. The van der Waals surface area contributed by atoms with Gasteiger partial charge in [0.25, 0.3) is 5.56 Å². The molecule has 8 nitrogen and oxygen atoms in total. The Bertz CT molecular complexity index is 1210. The Hall–Kier alpha value is -4.07. The summed E-state index contributed by atoms with van der Waals surface area (Å²) in [7, 11) is 0. The number of carboxylic acid groups (broad SMARTS) is 1. The minimum absolute atomic E-state index is 0.0682. The molecule has 3 aromatic rings. The molecule has 0 saturated carbocycles. The second-order valence-corrected chi connectivity index (χ2v) is 6.64. The van der Waals surface area contributed by atoms with Crippen molar-refractivity contribution in [1.29, 1.82) is 0 Å². The van der Waals surface area contributed by atoms with E-state index < -0.39 is 40.8 Å². The summed E-state index contributed by atoms with van der Waals surface area (Å²) >= 11 is 0. The summed E-state index contributed by atoms with van der Waals surface area (Å²) in [5.74, 6) is -4.03. The molecule has 2 aromatic carbocycles. The van der Waals surface area contributed by atoms with Gasteiger partial charge in [0.05, 0.1) is 25.1 Å². The number of carboxylic acids is 1. The fourth-order valence-electron chi connectivity index (χ4n) is 2.96. The minimum Gasteiger partial charge on any atom is -0.475 e. The lowest BCUT2D eigenvalue weighted by Gasteiger charge is -2.13. The number of carbonyl (C=O) groups is 3. The second-order valence-electron chi connectivity index (χ2n) is 6.64. The van der Waals surface area contributed by atoms with E-state index in [-0.39, 0.29) is 13.1 Å². The maximum absolute atomic E-state index is 13.0. The van der Waals surface area contributed by atoms with Crippen molar-refractivity contribution >= 4 is 17.5 Å². The number of rotatable bonds is 8. The number of nitrogens with zero attached hydrogens (tertiary/aromatic N) is 2. The van der Waals surface area contributed by atoms with Gasteiger partial charge in [-0.2, -0.15) is 0 Å². The highest BCUT2D eigenvalue weighted by molar-refractivity contribution is 6.37. The quantitative estimate of drug-likeness (QED) is 0.343. The molecule has 1 heterocycles. The van der Waals surface area contributed by atoms with Crippen LogP contribution >= 0.6 is 0 Å². The van der Waals surface area contributed by atoms with E-state index in [0.717, 1.165) is 16.3 Å². The lowest BCUT2D eigenvalue weighted by atomic mass is 10.1. The summed E-state index contributed by atoms with van der Waals surface area (Å²) in [6.45, 7) is 0.0309. The molecular weight excluding hydrogens is 388 g/mol. The van der Waals surface area contributed by atoms with Crippen molar-refractivity contribution in [3.05, 3.63) is 104 Å². The molecule has 0 amide bonds. The van der Waals surface area contributed by atoms with Crippen molar-refractivity contribution < 1.29 is 19.5 Å². The summed E-state index contributed by atoms with van der Waals surface area (Å²) in [6, 6.07) is 17.7. The Morgan fingerprint density at radius 3 is 1.87 bits per heavy atom. The van der Waals surface area contributed by atoms with Gasteiger partial charge in [0.1, 0.15) is 0 Å². The summed E-state index contributed by atoms with van der Waals surface area (Å²) in [5, 5.41) is 8.75. The second kappa shape index (κ2) is 8.95. The van der Waals surface area contributed by atoms with E-state index in [1.807, 2.05) is 6.07 Å². The monoisotopic (exact) mass is 406 g/mol. The van der Waals surface area contributed by atoms with Gasteiger partial charge in [-0.3, -0.25) is 23.5 Å². The molecule has 3 rings (SSSR count). The highest BCUT2D eigenvalue weighted by atomic mass is 16.4. The fourth-order valence-corrected chi connectivity index (χ4v) is 2.96. The first-order valence-corrected chi connectivity index (χ1v) is 9.08. The van der Waals surface area contributed by atoms with Crippen molar-refractivity contribution in [2.75, 3.05) is 0 Å². The van der Waals surface area contributed by atoms with Gasteiger partial charge in [0.15, 0.2) is 5.78 Å². The zero-order valence-corrected chi connectivity index (χ0v) is 15.9. The minimum atomic E-state index is -1.76. The van der Waals surface area contributed by atoms with Gasteiger partial charge in [-0.05, 0) is 11.1 Å². The summed E-state index contributed by atoms with van der Waals surface area (Å²) in [4.78, 5) is 60.5. The SMILES string of the molecule is O=C(O)C(=O)CC(=O)c1cn(Cc2ccccc2)c(=O)n(Cc2ccccc2)c1=O. The van der Waals surface area contributed by atoms with Crippen molar-refractivity contribution in [1.82, 2.24) is 9.13 Å². The molecule has 1 aromatic heterocycles. The standard InChI is InChI=1S/C22H18N2O6/c25-18(11-19(26)21(28)29)17-14-23(12-15-7-3-1-4-8-15)22(30)24(20(17)27)13-16-9-5-2-6-10-16/h1-10,14H,11-13H2,(H,28,29). The molecular formula is C22H18N2O6. The van der Waals surface area contributed by atoms with E-state index in [1.54, 1.807) is 54.6 Å². The van der Waals surface area contributed by atoms with Gasteiger partial charge in [0, 0.05) is 6.20 Å². The largest absolute Gasteiger partial charge is 0.475 e. The van der Waals surface area contributed by atoms with E-state index in [9.17, 15) is 24.0 Å². The van der Waals surface area contributed by atoms with E-state index >= 15 is 0 Å². The first-order chi connectivity index (χ1) is 14.4. The van der Waals surface area contributed by atoms with Gasteiger partial charge in [-0.1, -0.05) is 60.7 Å². The van der Waals surface area contributed by atoms with Gasteiger partial charge in [0.2, 0.25) is 5.78 Å². The third-order valence-electron chi connectivity index (χ3n) is 4.48. The van der Waals surface area contributed by atoms with Crippen LogP contribution in [0, 0.1) is 0 Å². The van der Waals surface area contributed by atoms with Gasteiger partial charge in [-0.15, -0.1) is 0 Å². The van der Waals surface area contributed by atoms with Crippen LogP contribution in [0.3, 0.4) is 0 Å². The average Bonchev–Trinajstić information content (AvgIpc) is 2.74. The van der Waals surface area contributed by atoms with E-state index in [0.29, 0.717) is 5.56 Å². The summed E-state index contributed by atoms with van der Waals surface area (Å²) in [5.41, 5.74) is -0.445. The molecule has 30 heavy (non-hydrogen) atoms. The van der Waals surface area contributed by atoms with E-state index in [4.69, 9.17) is 5.11 Å². The molecule has 0 bridgehead atoms. The molecule has 0 unspecified atom stereocenters. The van der Waals surface area contributed by atoms with Gasteiger partial charge >= 0.3 is 11.7 Å². The Labute approximate surface area is 170 Å². The number of ketones is 2. The van der Waals surface area contributed by atoms with Crippen LogP contribution in [-0.4, -0.2) is 31.8 Å². The molecule has 0 fully saturated rings. The molecule has 0 aliphatic rings. The van der Waals surface area contributed by atoms with Crippen molar-refractivity contribution in [2.24, 2.45) is 0 Å². The predicted molar refractivity (Wildman–Crippen MR) is 108 cm³/mol. The number of benzene rings is 2. The molecule has 1 N–H and O–H groups in total. The summed E-state index contributed by atoms with van der Waals surface area (Å²) in [6.07, 6.45) is 0.135. The number of carbonyl (C=O) groups excluding carboxylic acids is 2.